The molecule has 0 saturated carbocycles. The Morgan fingerprint density at radius 2 is 1.84 bits per heavy atom. The van der Waals surface area contributed by atoms with Crippen LogP contribution in [0.2, 0.25) is 5.02 Å². The van der Waals surface area contributed by atoms with E-state index in [0.29, 0.717) is 23.9 Å². The van der Waals surface area contributed by atoms with Crippen molar-refractivity contribution in [2.75, 3.05) is 26.2 Å². The third kappa shape index (κ3) is 4.94. The van der Waals surface area contributed by atoms with Crippen LogP contribution >= 0.6 is 11.6 Å². The van der Waals surface area contributed by atoms with Crippen molar-refractivity contribution in [3.63, 3.8) is 0 Å². The van der Waals surface area contributed by atoms with Crippen LogP contribution in [0, 0.1) is 19.7 Å². The van der Waals surface area contributed by atoms with Gasteiger partial charge in [0.1, 0.15) is 11.5 Å². The average molecular weight is 442 g/mol. The molecule has 3 aromatic rings. The third-order valence-corrected chi connectivity index (χ3v) is 5.76. The second-order valence-corrected chi connectivity index (χ2v) is 8.29. The molecule has 8 heteroatoms. The molecule has 1 saturated heterocycles. The Kier molecular flexibility index (Phi) is 6.34. The Bertz CT molecular complexity index is 1080. The zero-order chi connectivity index (χ0) is 22.0. The van der Waals surface area contributed by atoms with Crippen LogP contribution in [0.1, 0.15) is 33.9 Å². The predicted molar refractivity (Wildman–Crippen MR) is 118 cm³/mol. The van der Waals surface area contributed by atoms with E-state index in [9.17, 15) is 9.18 Å². The van der Waals surface area contributed by atoms with Crippen LogP contribution in [0.3, 0.4) is 0 Å². The van der Waals surface area contributed by atoms with Gasteiger partial charge in [-0.3, -0.25) is 9.69 Å². The molecule has 1 aliphatic heterocycles. The van der Waals surface area contributed by atoms with Crippen LogP contribution < -0.4 is 0 Å². The largest absolute Gasteiger partial charge is 0.336 e. The topological polar surface area (TPSA) is 54.3 Å². The quantitative estimate of drug-likeness (QED) is 0.613. The van der Waals surface area contributed by atoms with Crippen LogP contribution in [0.15, 0.2) is 42.5 Å². The van der Waals surface area contributed by atoms with Gasteiger partial charge in [0, 0.05) is 38.4 Å². The van der Waals surface area contributed by atoms with Gasteiger partial charge in [-0.15, -0.1) is 0 Å². The summed E-state index contributed by atoms with van der Waals surface area (Å²) in [6, 6.07) is 12.0. The van der Waals surface area contributed by atoms with Gasteiger partial charge in [0.05, 0.1) is 10.7 Å². The SMILES string of the molecule is Cc1cc(C)n(-c2ccc(Cl)c(C(=O)N3CCCN(Cc4ccc(F)cc4)CC3)n2)n1. The molecule has 1 amide bonds. The van der Waals surface area contributed by atoms with Crippen LogP contribution in [0.25, 0.3) is 5.82 Å². The maximum absolute atomic E-state index is 13.2. The van der Waals surface area contributed by atoms with Crippen molar-refractivity contribution in [1.82, 2.24) is 24.6 Å². The number of aromatic nitrogens is 3. The fourth-order valence-electron chi connectivity index (χ4n) is 3.89. The number of hydrogen-bond acceptors (Lipinski definition) is 4. The number of aryl methyl sites for hydroxylation is 2. The molecule has 4 rings (SSSR count). The molecule has 0 radical (unpaired) electrons. The Balaban J connectivity index is 1.47. The molecule has 3 heterocycles. The van der Waals surface area contributed by atoms with E-state index in [1.807, 2.05) is 24.8 Å². The first-order valence-corrected chi connectivity index (χ1v) is 10.7. The Morgan fingerprint density at radius 3 is 2.55 bits per heavy atom. The van der Waals surface area contributed by atoms with Crippen LogP contribution in [0.5, 0.6) is 0 Å². The van der Waals surface area contributed by atoms with E-state index < -0.39 is 0 Å². The lowest BCUT2D eigenvalue weighted by Gasteiger charge is -2.22. The first kappa shape index (κ1) is 21.5. The molecule has 162 valence electrons. The minimum Gasteiger partial charge on any atom is -0.336 e. The third-order valence-electron chi connectivity index (χ3n) is 5.46. The first-order valence-electron chi connectivity index (χ1n) is 10.4. The molecule has 1 fully saturated rings. The van der Waals surface area contributed by atoms with Gasteiger partial charge in [0.2, 0.25) is 0 Å². The second-order valence-electron chi connectivity index (χ2n) is 7.89. The van der Waals surface area contributed by atoms with E-state index in [-0.39, 0.29) is 17.4 Å². The molecule has 0 N–H and O–H groups in total. The summed E-state index contributed by atoms with van der Waals surface area (Å²) < 4.78 is 14.9. The first-order chi connectivity index (χ1) is 14.9. The Labute approximate surface area is 186 Å². The highest BCUT2D eigenvalue weighted by atomic mass is 35.5. The van der Waals surface area contributed by atoms with E-state index in [4.69, 9.17) is 11.6 Å². The molecular formula is C23H25ClFN5O. The number of benzene rings is 1. The number of carbonyl (C=O) groups excluding carboxylic acids is 1. The summed E-state index contributed by atoms with van der Waals surface area (Å²) in [6.45, 7) is 7.42. The molecule has 6 nitrogen and oxygen atoms in total. The van der Waals surface area contributed by atoms with Crippen molar-refractivity contribution in [2.24, 2.45) is 0 Å². The van der Waals surface area contributed by atoms with E-state index in [0.717, 1.165) is 43.0 Å². The highest BCUT2D eigenvalue weighted by Gasteiger charge is 2.24. The normalized spacial score (nSPS) is 15.2. The summed E-state index contributed by atoms with van der Waals surface area (Å²) in [5.41, 5.74) is 3.13. The summed E-state index contributed by atoms with van der Waals surface area (Å²) in [5.74, 6) is 0.173. The minimum atomic E-state index is -0.233. The maximum Gasteiger partial charge on any atom is 0.274 e. The standard InChI is InChI=1S/C23H25ClFN5O/c1-16-14-17(2)30(27-16)21-9-8-20(24)22(26-21)23(31)29-11-3-10-28(12-13-29)15-18-4-6-19(25)7-5-18/h4-9,14H,3,10-13,15H2,1-2H3. The van der Waals surface area contributed by atoms with Crippen molar-refractivity contribution in [3.8, 4) is 5.82 Å². The van der Waals surface area contributed by atoms with Gasteiger partial charge in [-0.05, 0) is 56.2 Å². The molecule has 0 spiro atoms. The number of rotatable bonds is 4. The smallest absolute Gasteiger partial charge is 0.274 e. The van der Waals surface area contributed by atoms with Crippen LogP contribution in [-0.4, -0.2) is 56.7 Å². The lowest BCUT2D eigenvalue weighted by molar-refractivity contribution is 0.0755. The van der Waals surface area contributed by atoms with Gasteiger partial charge in [0.15, 0.2) is 5.82 Å². The predicted octanol–water partition coefficient (Wildman–Crippen LogP) is 4.02. The van der Waals surface area contributed by atoms with Crippen molar-refractivity contribution in [1.29, 1.82) is 0 Å². The number of pyridine rings is 1. The lowest BCUT2D eigenvalue weighted by Crippen LogP contribution is -2.35. The monoisotopic (exact) mass is 441 g/mol. The molecule has 0 unspecified atom stereocenters. The van der Waals surface area contributed by atoms with Crippen molar-refractivity contribution >= 4 is 17.5 Å². The van der Waals surface area contributed by atoms with Gasteiger partial charge in [-0.25, -0.2) is 14.1 Å². The van der Waals surface area contributed by atoms with Gasteiger partial charge in [-0.1, -0.05) is 23.7 Å². The van der Waals surface area contributed by atoms with Gasteiger partial charge in [0.25, 0.3) is 5.91 Å². The average Bonchev–Trinajstić information content (AvgIpc) is 2.94. The fourth-order valence-corrected chi connectivity index (χ4v) is 4.08. The van der Waals surface area contributed by atoms with Crippen LogP contribution in [0.4, 0.5) is 4.39 Å². The van der Waals surface area contributed by atoms with Crippen molar-refractivity contribution in [3.05, 3.63) is 75.9 Å². The molecule has 2 aromatic heterocycles. The molecule has 31 heavy (non-hydrogen) atoms. The van der Waals surface area contributed by atoms with Gasteiger partial charge < -0.3 is 4.90 Å². The molecule has 1 aromatic carbocycles. The maximum atomic E-state index is 13.2. The molecule has 0 bridgehead atoms. The molecule has 0 atom stereocenters. The number of amides is 1. The van der Waals surface area contributed by atoms with E-state index in [1.165, 1.54) is 12.1 Å². The summed E-state index contributed by atoms with van der Waals surface area (Å²) in [4.78, 5) is 21.9. The fraction of sp³-hybridized carbons (Fsp3) is 0.348. The van der Waals surface area contributed by atoms with E-state index in [1.54, 1.807) is 28.9 Å². The molecular weight excluding hydrogens is 417 g/mol. The lowest BCUT2D eigenvalue weighted by atomic mass is 10.2. The summed E-state index contributed by atoms with van der Waals surface area (Å²) in [5, 5.41) is 4.79. The van der Waals surface area contributed by atoms with Gasteiger partial charge in [-0.2, -0.15) is 5.10 Å². The van der Waals surface area contributed by atoms with Crippen molar-refractivity contribution in [2.45, 2.75) is 26.8 Å². The Hall–Kier alpha value is -2.77. The van der Waals surface area contributed by atoms with Crippen LogP contribution in [-0.2, 0) is 6.54 Å². The zero-order valence-corrected chi connectivity index (χ0v) is 18.4. The summed E-state index contributed by atoms with van der Waals surface area (Å²) in [6.07, 6.45) is 0.849. The second kappa shape index (κ2) is 9.16. The van der Waals surface area contributed by atoms with Crippen molar-refractivity contribution < 1.29 is 9.18 Å². The molecule has 1 aliphatic rings. The zero-order valence-electron chi connectivity index (χ0n) is 17.7. The Morgan fingerprint density at radius 1 is 1.06 bits per heavy atom. The summed E-state index contributed by atoms with van der Waals surface area (Å²) >= 11 is 6.35. The molecule has 0 aliphatic carbocycles. The highest BCUT2D eigenvalue weighted by Crippen LogP contribution is 2.20. The van der Waals surface area contributed by atoms with E-state index >= 15 is 0 Å². The number of carbonyl (C=O) groups is 1. The number of hydrogen-bond donors (Lipinski definition) is 0. The number of halogens is 2. The number of nitrogens with zero attached hydrogens (tertiary/aromatic N) is 5. The summed E-state index contributed by atoms with van der Waals surface area (Å²) in [7, 11) is 0. The minimum absolute atomic E-state index is 0.169. The van der Waals surface area contributed by atoms with E-state index in [2.05, 4.69) is 15.0 Å². The van der Waals surface area contributed by atoms with Gasteiger partial charge >= 0.3 is 0 Å². The highest BCUT2D eigenvalue weighted by molar-refractivity contribution is 6.33.